The van der Waals surface area contributed by atoms with Crippen molar-refractivity contribution in [2.45, 2.75) is 19.4 Å². The smallest absolute Gasteiger partial charge is 0.255 e. The molecule has 1 aromatic rings. The SMILES string of the molecule is C=CCCO[C@H](C)C(=O)N(C)c1cc(Cl)ccc1C#N. The minimum atomic E-state index is -0.592. The molecule has 0 unspecified atom stereocenters. The monoisotopic (exact) mass is 292 g/mol. The Morgan fingerprint density at radius 1 is 1.65 bits per heavy atom. The highest BCUT2D eigenvalue weighted by atomic mass is 35.5. The van der Waals surface area contributed by atoms with E-state index in [4.69, 9.17) is 21.6 Å². The second kappa shape index (κ2) is 7.68. The van der Waals surface area contributed by atoms with Gasteiger partial charge in [-0.1, -0.05) is 17.7 Å². The Balaban J connectivity index is 2.86. The van der Waals surface area contributed by atoms with Crippen molar-refractivity contribution in [2.24, 2.45) is 0 Å². The van der Waals surface area contributed by atoms with E-state index in [1.54, 1.807) is 38.2 Å². The maximum Gasteiger partial charge on any atom is 0.255 e. The number of ether oxygens (including phenoxy) is 1. The van der Waals surface area contributed by atoms with Crippen LogP contribution in [0.5, 0.6) is 0 Å². The zero-order valence-corrected chi connectivity index (χ0v) is 12.4. The van der Waals surface area contributed by atoms with Gasteiger partial charge >= 0.3 is 0 Å². The molecule has 0 radical (unpaired) electrons. The van der Waals surface area contributed by atoms with Crippen molar-refractivity contribution >= 4 is 23.2 Å². The van der Waals surface area contributed by atoms with Crippen molar-refractivity contribution in [3.8, 4) is 6.07 Å². The van der Waals surface area contributed by atoms with Gasteiger partial charge in [-0.05, 0) is 31.5 Å². The summed E-state index contributed by atoms with van der Waals surface area (Å²) in [7, 11) is 1.60. The standard InChI is InChI=1S/C15H17ClN2O2/c1-4-5-8-20-11(2)15(19)18(3)14-9-13(16)7-6-12(14)10-17/h4,6-7,9,11H,1,5,8H2,2-3H3/t11-/m1/s1. The minimum Gasteiger partial charge on any atom is -0.368 e. The molecule has 1 aromatic carbocycles. The number of rotatable bonds is 6. The topological polar surface area (TPSA) is 53.3 Å². The molecule has 0 bridgehead atoms. The highest BCUT2D eigenvalue weighted by Gasteiger charge is 2.21. The number of amides is 1. The molecular weight excluding hydrogens is 276 g/mol. The van der Waals surface area contributed by atoms with Gasteiger partial charge in [-0.25, -0.2) is 0 Å². The van der Waals surface area contributed by atoms with E-state index >= 15 is 0 Å². The first-order valence-corrected chi connectivity index (χ1v) is 6.58. The van der Waals surface area contributed by atoms with E-state index in [1.807, 2.05) is 6.07 Å². The third-order valence-corrected chi connectivity index (χ3v) is 3.04. The fraction of sp³-hybridized carbons (Fsp3) is 0.333. The van der Waals surface area contributed by atoms with Gasteiger partial charge in [-0.15, -0.1) is 6.58 Å². The number of anilines is 1. The van der Waals surface area contributed by atoms with Crippen LogP contribution in [0.2, 0.25) is 5.02 Å². The predicted molar refractivity (Wildman–Crippen MR) is 79.8 cm³/mol. The van der Waals surface area contributed by atoms with Gasteiger partial charge in [0.2, 0.25) is 0 Å². The molecule has 1 amide bonds. The van der Waals surface area contributed by atoms with Crippen molar-refractivity contribution in [2.75, 3.05) is 18.6 Å². The minimum absolute atomic E-state index is 0.229. The van der Waals surface area contributed by atoms with E-state index in [-0.39, 0.29) is 5.91 Å². The lowest BCUT2D eigenvalue weighted by Crippen LogP contribution is -2.37. The number of nitriles is 1. The number of nitrogens with zero attached hydrogens (tertiary/aromatic N) is 2. The summed E-state index contributed by atoms with van der Waals surface area (Å²) in [5.41, 5.74) is 0.868. The number of carbonyl (C=O) groups excluding carboxylic acids is 1. The van der Waals surface area contributed by atoms with E-state index in [2.05, 4.69) is 6.58 Å². The average Bonchev–Trinajstić information content (AvgIpc) is 2.45. The van der Waals surface area contributed by atoms with E-state index in [1.165, 1.54) is 4.90 Å². The summed E-state index contributed by atoms with van der Waals surface area (Å²) in [6.45, 7) is 5.71. The lowest BCUT2D eigenvalue weighted by atomic mass is 10.1. The van der Waals surface area contributed by atoms with E-state index in [0.717, 1.165) is 0 Å². The van der Waals surface area contributed by atoms with Gasteiger partial charge in [-0.3, -0.25) is 4.79 Å². The summed E-state index contributed by atoms with van der Waals surface area (Å²) in [5, 5.41) is 9.55. The Labute approximate surface area is 124 Å². The summed E-state index contributed by atoms with van der Waals surface area (Å²) in [4.78, 5) is 13.6. The lowest BCUT2D eigenvalue weighted by molar-refractivity contribution is -0.128. The van der Waals surface area contributed by atoms with Crippen molar-refractivity contribution in [1.29, 1.82) is 5.26 Å². The number of hydrogen-bond donors (Lipinski definition) is 0. The van der Waals surface area contributed by atoms with Gasteiger partial charge in [-0.2, -0.15) is 5.26 Å². The quantitative estimate of drug-likeness (QED) is 0.598. The van der Waals surface area contributed by atoms with Gasteiger partial charge in [0.15, 0.2) is 0 Å². The van der Waals surface area contributed by atoms with Gasteiger partial charge in [0.05, 0.1) is 17.9 Å². The Kier molecular flexibility index (Phi) is 6.23. The molecule has 5 heteroatoms. The molecule has 0 saturated carbocycles. The summed E-state index contributed by atoms with van der Waals surface area (Å²) in [6.07, 6.45) is 1.82. The van der Waals surface area contributed by atoms with Crippen LogP contribution in [-0.4, -0.2) is 25.7 Å². The number of carbonyl (C=O) groups is 1. The number of hydrogen-bond acceptors (Lipinski definition) is 3. The van der Waals surface area contributed by atoms with Crippen LogP contribution < -0.4 is 4.90 Å². The second-order valence-corrected chi connectivity index (χ2v) is 4.70. The Bertz CT molecular complexity index is 537. The van der Waals surface area contributed by atoms with Crippen LogP contribution in [0.4, 0.5) is 5.69 Å². The third kappa shape index (κ3) is 4.09. The first kappa shape index (κ1) is 16.2. The van der Waals surface area contributed by atoms with E-state index < -0.39 is 6.10 Å². The maximum atomic E-state index is 12.2. The van der Waals surface area contributed by atoms with Gasteiger partial charge in [0.25, 0.3) is 5.91 Å². The van der Waals surface area contributed by atoms with Crippen LogP contribution in [0.15, 0.2) is 30.9 Å². The van der Waals surface area contributed by atoms with Gasteiger partial charge in [0, 0.05) is 12.1 Å². The molecule has 0 spiro atoms. The summed E-state index contributed by atoms with van der Waals surface area (Å²) < 4.78 is 5.41. The number of halogens is 1. The molecule has 0 heterocycles. The number of likely N-dealkylation sites (N-methyl/N-ethyl adjacent to an activating group) is 1. The fourth-order valence-corrected chi connectivity index (χ4v) is 1.83. The number of benzene rings is 1. The van der Waals surface area contributed by atoms with Crippen LogP contribution in [0.1, 0.15) is 18.9 Å². The Morgan fingerprint density at radius 2 is 2.35 bits per heavy atom. The van der Waals surface area contributed by atoms with Crippen molar-refractivity contribution in [3.63, 3.8) is 0 Å². The molecule has 0 N–H and O–H groups in total. The molecule has 0 fully saturated rings. The highest BCUT2D eigenvalue weighted by molar-refractivity contribution is 6.31. The summed E-state index contributed by atoms with van der Waals surface area (Å²) in [6, 6.07) is 6.84. The molecule has 0 aliphatic heterocycles. The molecule has 106 valence electrons. The molecule has 0 aromatic heterocycles. The van der Waals surface area contributed by atoms with Crippen molar-refractivity contribution < 1.29 is 9.53 Å². The third-order valence-electron chi connectivity index (χ3n) is 2.81. The molecule has 1 atom stereocenters. The second-order valence-electron chi connectivity index (χ2n) is 4.26. The normalized spacial score (nSPS) is 11.5. The van der Waals surface area contributed by atoms with E-state index in [0.29, 0.717) is 29.3 Å². The Morgan fingerprint density at radius 3 is 2.95 bits per heavy atom. The fourth-order valence-electron chi connectivity index (χ4n) is 1.67. The highest BCUT2D eigenvalue weighted by Crippen LogP contribution is 2.24. The lowest BCUT2D eigenvalue weighted by Gasteiger charge is -2.22. The van der Waals surface area contributed by atoms with Crippen LogP contribution in [0.25, 0.3) is 0 Å². The van der Waals surface area contributed by atoms with Crippen molar-refractivity contribution in [3.05, 3.63) is 41.4 Å². The van der Waals surface area contributed by atoms with Gasteiger partial charge < -0.3 is 9.64 Å². The van der Waals surface area contributed by atoms with Crippen LogP contribution in [0, 0.1) is 11.3 Å². The summed E-state index contributed by atoms with van der Waals surface area (Å²) in [5.74, 6) is -0.229. The van der Waals surface area contributed by atoms with Crippen LogP contribution in [0.3, 0.4) is 0 Å². The first-order chi connectivity index (χ1) is 9.51. The van der Waals surface area contributed by atoms with Gasteiger partial charge in [0.1, 0.15) is 12.2 Å². The van der Waals surface area contributed by atoms with Crippen molar-refractivity contribution in [1.82, 2.24) is 0 Å². The first-order valence-electron chi connectivity index (χ1n) is 6.21. The molecule has 4 nitrogen and oxygen atoms in total. The molecule has 0 aliphatic rings. The predicted octanol–water partition coefficient (Wildman–Crippen LogP) is 3.16. The zero-order valence-electron chi connectivity index (χ0n) is 11.6. The molecule has 0 saturated heterocycles. The Hall–Kier alpha value is -1.83. The van der Waals surface area contributed by atoms with Crippen LogP contribution >= 0.6 is 11.6 Å². The van der Waals surface area contributed by atoms with E-state index in [9.17, 15) is 4.79 Å². The molecular formula is C15H17ClN2O2. The van der Waals surface area contributed by atoms with Crippen LogP contribution in [-0.2, 0) is 9.53 Å². The molecule has 1 rings (SSSR count). The maximum absolute atomic E-state index is 12.2. The molecule has 0 aliphatic carbocycles. The largest absolute Gasteiger partial charge is 0.368 e. The average molecular weight is 293 g/mol. The summed E-state index contributed by atoms with van der Waals surface area (Å²) >= 11 is 5.91. The molecule has 20 heavy (non-hydrogen) atoms. The zero-order chi connectivity index (χ0) is 15.1.